The predicted octanol–water partition coefficient (Wildman–Crippen LogP) is 4.20. The zero-order valence-corrected chi connectivity index (χ0v) is 15.7. The van der Waals surface area contributed by atoms with E-state index in [4.69, 9.17) is 0 Å². The second-order valence-electron chi connectivity index (χ2n) is 7.41. The third kappa shape index (κ3) is 3.65. The summed E-state index contributed by atoms with van der Waals surface area (Å²) < 4.78 is 0. The van der Waals surface area contributed by atoms with Crippen LogP contribution in [0.15, 0.2) is 54.7 Å². The number of amides is 1. The molecule has 2 heterocycles. The normalized spacial score (nSPS) is 15.1. The van der Waals surface area contributed by atoms with Crippen molar-refractivity contribution in [2.75, 3.05) is 13.1 Å². The van der Waals surface area contributed by atoms with Crippen LogP contribution >= 0.6 is 0 Å². The van der Waals surface area contributed by atoms with Gasteiger partial charge in [0.15, 0.2) is 0 Å². The first-order chi connectivity index (χ1) is 13.6. The Hall–Kier alpha value is -3.08. The quantitative estimate of drug-likeness (QED) is 0.701. The number of nitrogens with one attached hydrogen (secondary N) is 1. The number of carbonyl (C=O) groups is 2. The van der Waals surface area contributed by atoms with Crippen LogP contribution in [0.4, 0.5) is 0 Å². The molecule has 1 fully saturated rings. The number of nitrogens with zero attached hydrogens (tertiary/aromatic N) is 1. The molecule has 5 heteroatoms. The van der Waals surface area contributed by atoms with E-state index in [0.29, 0.717) is 18.8 Å². The molecule has 1 aliphatic rings. The highest BCUT2D eigenvalue weighted by Crippen LogP contribution is 2.33. The number of hydrogen-bond acceptors (Lipinski definition) is 2. The lowest BCUT2D eigenvalue weighted by Gasteiger charge is -2.32. The van der Waals surface area contributed by atoms with E-state index in [1.807, 2.05) is 17.0 Å². The molecule has 1 saturated heterocycles. The second-order valence-corrected chi connectivity index (χ2v) is 7.41. The summed E-state index contributed by atoms with van der Waals surface area (Å²) in [6, 6.07) is 15.3. The summed E-state index contributed by atoms with van der Waals surface area (Å²) in [7, 11) is 0. The van der Waals surface area contributed by atoms with Crippen LogP contribution in [0.3, 0.4) is 0 Å². The number of benzene rings is 2. The van der Waals surface area contributed by atoms with Crippen molar-refractivity contribution in [1.29, 1.82) is 0 Å². The van der Waals surface area contributed by atoms with Crippen molar-refractivity contribution in [1.82, 2.24) is 9.88 Å². The number of carboxylic acids is 1. The fourth-order valence-electron chi connectivity index (χ4n) is 4.22. The molecule has 0 unspecified atom stereocenters. The number of aromatic nitrogens is 1. The molecule has 0 bridgehead atoms. The third-order valence-corrected chi connectivity index (χ3v) is 5.76. The summed E-state index contributed by atoms with van der Waals surface area (Å²) in [6.07, 6.45) is 4.83. The van der Waals surface area contributed by atoms with Crippen LogP contribution in [0.2, 0.25) is 0 Å². The number of aryl methyl sites for hydroxylation is 1. The molecule has 1 aliphatic heterocycles. The van der Waals surface area contributed by atoms with Crippen LogP contribution in [-0.2, 0) is 11.2 Å². The molecule has 0 saturated carbocycles. The van der Waals surface area contributed by atoms with Crippen molar-refractivity contribution in [2.24, 2.45) is 0 Å². The standard InChI is InChI=1S/C23H24N2O3/c26-22(10-9-16-5-1-2-6-18(16)23(27)28)25-13-11-17(12-14-25)20-15-24-21-8-4-3-7-19(20)21/h1-8,15,17,24H,9-14H2,(H,27,28). The molecule has 28 heavy (non-hydrogen) atoms. The van der Waals surface area contributed by atoms with Gasteiger partial charge in [0, 0.05) is 36.6 Å². The summed E-state index contributed by atoms with van der Waals surface area (Å²) >= 11 is 0. The van der Waals surface area contributed by atoms with E-state index < -0.39 is 5.97 Å². The van der Waals surface area contributed by atoms with Crippen LogP contribution in [0.1, 0.15) is 46.7 Å². The lowest BCUT2D eigenvalue weighted by atomic mass is 9.89. The average Bonchev–Trinajstić information content (AvgIpc) is 3.16. The van der Waals surface area contributed by atoms with Crippen LogP contribution in [-0.4, -0.2) is 40.0 Å². The molecule has 1 aromatic heterocycles. The highest BCUT2D eigenvalue weighted by Gasteiger charge is 2.25. The van der Waals surface area contributed by atoms with E-state index in [-0.39, 0.29) is 11.5 Å². The number of carboxylic acid groups (broad SMARTS) is 1. The maximum absolute atomic E-state index is 12.6. The molecule has 5 nitrogen and oxygen atoms in total. The fraction of sp³-hybridized carbons (Fsp3) is 0.304. The van der Waals surface area contributed by atoms with Crippen LogP contribution < -0.4 is 0 Å². The smallest absolute Gasteiger partial charge is 0.335 e. The van der Waals surface area contributed by atoms with Gasteiger partial charge in [-0.05, 0) is 48.4 Å². The van der Waals surface area contributed by atoms with E-state index >= 15 is 0 Å². The van der Waals surface area contributed by atoms with E-state index in [9.17, 15) is 14.7 Å². The molecule has 0 aliphatic carbocycles. The van der Waals surface area contributed by atoms with Gasteiger partial charge in [-0.2, -0.15) is 0 Å². The average molecular weight is 376 g/mol. The van der Waals surface area contributed by atoms with Crippen LogP contribution in [0.25, 0.3) is 10.9 Å². The first-order valence-electron chi connectivity index (χ1n) is 9.78. The fourth-order valence-corrected chi connectivity index (χ4v) is 4.22. The van der Waals surface area contributed by atoms with Gasteiger partial charge in [0.25, 0.3) is 0 Å². The first kappa shape index (κ1) is 18.3. The molecule has 144 valence electrons. The number of para-hydroxylation sites is 1. The van der Waals surface area contributed by atoms with Crippen molar-refractivity contribution in [2.45, 2.75) is 31.6 Å². The van der Waals surface area contributed by atoms with Crippen molar-refractivity contribution in [3.8, 4) is 0 Å². The molecule has 0 radical (unpaired) electrons. The Labute approximate surface area is 164 Å². The van der Waals surface area contributed by atoms with Gasteiger partial charge in [-0.3, -0.25) is 4.79 Å². The molecule has 1 amide bonds. The van der Waals surface area contributed by atoms with Gasteiger partial charge in [0.2, 0.25) is 5.91 Å². The van der Waals surface area contributed by atoms with Crippen molar-refractivity contribution < 1.29 is 14.7 Å². The number of fused-ring (bicyclic) bond motifs is 1. The topological polar surface area (TPSA) is 73.4 Å². The van der Waals surface area contributed by atoms with Crippen LogP contribution in [0, 0.1) is 0 Å². The number of rotatable bonds is 5. The lowest BCUT2D eigenvalue weighted by molar-refractivity contribution is -0.132. The minimum absolute atomic E-state index is 0.109. The summed E-state index contributed by atoms with van der Waals surface area (Å²) in [6.45, 7) is 1.51. The first-order valence-corrected chi connectivity index (χ1v) is 9.78. The van der Waals surface area contributed by atoms with Crippen molar-refractivity contribution in [3.05, 3.63) is 71.4 Å². The van der Waals surface area contributed by atoms with Gasteiger partial charge < -0.3 is 15.0 Å². The zero-order valence-electron chi connectivity index (χ0n) is 15.7. The summed E-state index contributed by atoms with van der Waals surface area (Å²) in [5.41, 5.74) is 3.51. The molecular weight excluding hydrogens is 352 g/mol. The Morgan fingerprint density at radius 2 is 1.75 bits per heavy atom. The zero-order chi connectivity index (χ0) is 19.5. The monoisotopic (exact) mass is 376 g/mol. The minimum atomic E-state index is -0.942. The molecule has 4 rings (SSSR count). The van der Waals surface area contributed by atoms with Gasteiger partial charge >= 0.3 is 5.97 Å². The molecule has 0 atom stereocenters. The highest BCUT2D eigenvalue weighted by atomic mass is 16.4. The predicted molar refractivity (Wildman–Crippen MR) is 109 cm³/mol. The van der Waals surface area contributed by atoms with Crippen LogP contribution in [0.5, 0.6) is 0 Å². The number of hydrogen-bond donors (Lipinski definition) is 2. The van der Waals surface area contributed by atoms with Gasteiger partial charge in [-0.1, -0.05) is 36.4 Å². The Morgan fingerprint density at radius 3 is 2.54 bits per heavy atom. The second kappa shape index (κ2) is 7.89. The molecule has 2 aromatic carbocycles. The molecular formula is C23H24N2O3. The highest BCUT2D eigenvalue weighted by molar-refractivity contribution is 5.89. The Bertz CT molecular complexity index is 1000. The summed E-state index contributed by atoms with van der Waals surface area (Å²) in [5, 5.41) is 10.6. The Morgan fingerprint density at radius 1 is 1.04 bits per heavy atom. The Balaban J connectivity index is 1.35. The number of piperidine rings is 1. The van der Waals surface area contributed by atoms with Gasteiger partial charge in [0.05, 0.1) is 5.56 Å². The van der Waals surface area contributed by atoms with Crippen molar-refractivity contribution in [3.63, 3.8) is 0 Å². The largest absolute Gasteiger partial charge is 0.478 e. The number of H-pyrrole nitrogens is 1. The lowest BCUT2D eigenvalue weighted by Crippen LogP contribution is -2.38. The maximum atomic E-state index is 12.6. The minimum Gasteiger partial charge on any atom is -0.478 e. The maximum Gasteiger partial charge on any atom is 0.335 e. The molecule has 2 N–H and O–H groups in total. The number of carbonyl (C=O) groups excluding carboxylic acids is 1. The summed E-state index contributed by atoms with van der Waals surface area (Å²) in [5.74, 6) is -0.368. The Kier molecular flexibility index (Phi) is 5.15. The molecule has 0 spiro atoms. The van der Waals surface area contributed by atoms with Gasteiger partial charge in [-0.25, -0.2) is 4.79 Å². The van der Waals surface area contributed by atoms with E-state index in [1.165, 1.54) is 10.9 Å². The summed E-state index contributed by atoms with van der Waals surface area (Å²) in [4.78, 5) is 29.2. The SMILES string of the molecule is O=C(O)c1ccccc1CCC(=O)N1CCC(c2c[nH]c3ccccc23)CC1. The third-order valence-electron chi connectivity index (χ3n) is 5.76. The molecule has 3 aromatic rings. The number of likely N-dealkylation sites (tertiary alicyclic amines) is 1. The number of aromatic carboxylic acids is 1. The van der Waals surface area contributed by atoms with Crippen molar-refractivity contribution >= 4 is 22.8 Å². The van der Waals surface area contributed by atoms with Gasteiger partial charge in [-0.15, -0.1) is 0 Å². The number of aromatic amines is 1. The van der Waals surface area contributed by atoms with E-state index in [0.717, 1.165) is 37.0 Å². The van der Waals surface area contributed by atoms with E-state index in [1.54, 1.807) is 18.2 Å². The van der Waals surface area contributed by atoms with Gasteiger partial charge in [0.1, 0.15) is 0 Å². The van der Waals surface area contributed by atoms with E-state index in [2.05, 4.69) is 29.4 Å².